The Labute approximate surface area is 187 Å². The second-order valence-corrected chi connectivity index (χ2v) is 8.13. The summed E-state index contributed by atoms with van der Waals surface area (Å²) in [6.07, 6.45) is 2.70. The summed E-state index contributed by atoms with van der Waals surface area (Å²) >= 11 is 6.24. The van der Waals surface area contributed by atoms with E-state index in [2.05, 4.69) is 11.9 Å². The molecule has 1 N–H and O–H groups in total. The summed E-state index contributed by atoms with van der Waals surface area (Å²) in [5.41, 5.74) is 2.82. The maximum absolute atomic E-state index is 13.0. The molecule has 32 heavy (non-hydrogen) atoms. The molecule has 0 bridgehead atoms. The summed E-state index contributed by atoms with van der Waals surface area (Å²) in [6, 6.07) is 12.8. The van der Waals surface area contributed by atoms with Gasteiger partial charge in [-0.3, -0.25) is 22.9 Å². The van der Waals surface area contributed by atoms with Gasteiger partial charge >= 0.3 is 5.69 Å². The molecule has 0 spiro atoms. The summed E-state index contributed by atoms with van der Waals surface area (Å²) in [5, 5.41) is 11.1. The molecule has 162 valence electrons. The Morgan fingerprint density at radius 2 is 1.75 bits per heavy atom. The van der Waals surface area contributed by atoms with E-state index in [9.17, 15) is 14.7 Å². The van der Waals surface area contributed by atoms with Gasteiger partial charge in [-0.2, -0.15) is 4.98 Å². The van der Waals surface area contributed by atoms with E-state index in [-0.39, 0.29) is 16.9 Å². The van der Waals surface area contributed by atoms with E-state index in [4.69, 9.17) is 11.6 Å². The molecule has 0 unspecified atom stereocenters. The summed E-state index contributed by atoms with van der Waals surface area (Å²) in [5.74, 6) is 0.387. The number of nitrogens with zero attached hydrogens (tertiary/aromatic N) is 5. The van der Waals surface area contributed by atoms with Gasteiger partial charge in [0.05, 0.1) is 11.4 Å². The van der Waals surface area contributed by atoms with Crippen molar-refractivity contribution in [2.45, 2.75) is 13.3 Å². The summed E-state index contributed by atoms with van der Waals surface area (Å²) < 4.78 is 5.79. The first-order valence-corrected chi connectivity index (χ1v) is 10.5. The standard InChI is InChI=1S/C23H20ClN5O3/c1-4-13-5-7-14(8-6-13)17-12-28-19-20(26(2)23(32)27(3)21(19)31)25-22(28)29(17)16-11-15(24)9-10-18(16)30/h5-12,30H,4H2,1-3H3. The molecule has 0 fully saturated rings. The highest BCUT2D eigenvalue weighted by Crippen LogP contribution is 2.34. The molecule has 0 atom stereocenters. The lowest BCUT2D eigenvalue weighted by Gasteiger charge is -2.12. The second-order valence-electron chi connectivity index (χ2n) is 7.69. The summed E-state index contributed by atoms with van der Waals surface area (Å²) in [6.45, 7) is 2.09. The Morgan fingerprint density at radius 1 is 1.03 bits per heavy atom. The minimum absolute atomic E-state index is 0.00720. The molecular weight excluding hydrogens is 430 g/mol. The molecule has 0 aliphatic heterocycles. The molecule has 9 heteroatoms. The number of hydrogen-bond acceptors (Lipinski definition) is 4. The number of benzene rings is 2. The van der Waals surface area contributed by atoms with Crippen molar-refractivity contribution in [1.29, 1.82) is 0 Å². The van der Waals surface area contributed by atoms with Gasteiger partial charge < -0.3 is 5.11 Å². The molecule has 0 radical (unpaired) electrons. The van der Waals surface area contributed by atoms with Gasteiger partial charge in [0.15, 0.2) is 11.2 Å². The van der Waals surface area contributed by atoms with Crippen molar-refractivity contribution in [3.63, 3.8) is 0 Å². The fourth-order valence-electron chi connectivity index (χ4n) is 4.00. The number of aryl methyl sites for hydroxylation is 2. The smallest absolute Gasteiger partial charge is 0.332 e. The maximum Gasteiger partial charge on any atom is 0.332 e. The maximum atomic E-state index is 13.0. The number of imidazole rings is 2. The average Bonchev–Trinajstić information content (AvgIpc) is 3.34. The fourth-order valence-corrected chi connectivity index (χ4v) is 4.17. The minimum atomic E-state index is -0.462. The van der Waals surface area contributed by atoms with Gasteiger partial charge in [0.1, 0.15) is 5.75 Å². The van der Waals surface area contributed by atoms with Gasteiger partial charge in [-0.05, 0) is 30.2 Å². The number of phenols is 1. The van der Waals surface area contributed by atoms with Crippen molar-refractivity contribution < 1.29 is 5.11 Å². The Balaban J connectivity index is 1.96. The van der Waals surface area contributed by atoms with Crippen LogP contribution < -0.4 is 11.2 Å². The molecule has 0 saturated heterocycles. The number of aromatic hydroxyl groups is 1. The van der Waals surface area contributed by atoms with Gasteiger partial charge in [-0.25, -0.2) is 4.79 Å². The van der Waals surface area contributed by atoms with Crippen molar-refractivity contribution in [2.24, 2.45) is 14.1 Å². The van der Waals surface area contributed by atoms with Crippen LogP contribution in [-0.2, 0) is 20.5 Å². The zero-order valence-corrected chi connectivity index (χ0v) is 18.5. The van der Waals surface area contributed by atoms with E-state index in [1.165, 1.54) is 23.2 Å². The van der Waals surface area contributed by atoms with Gasteiger partial charge in [0.2, 0.25) is 5.78 Å². The Hall–Kier alpha value is -3.78. The molecule has 2 aromatic carbocycles. The molecule has 0 saturated carbocycles. The number of hydrogen-bond donors (Lipinski definition) is 1. The van der Waals surface area contributed by atoms with Crippen LogP contribution in [0.4, 0.5) is 0 Å². The van der Waals surface area contributed by atoms with Gasteiger partial charge in [0.25, 0.3) is 5.56 Å². The third-order valence-electron chi connectivity index (χ3n) is 5.80. The molecule has 3 aromatic heterocycles. The second kappa shape index (κ2) is 7.13. The van der Waals surface area contributed by atoms with Crippen LogP contribution in [0.15, 0.2) is 58.3 Å². The highest BCUT2D eigenvalue weighted by atomic mass is 35.5. The molecule has 5 rings (SSSR count). The molecular formula is C23H20ClN5O3. The predicted octanol–water partition coefficient (Wildman–Crippen LogP) is 3.26. The lowest BCUT2D eigenvalue weighted by molar-refractivity contribution is 0.473. The van der Waals surface area contributed by atoms with Crippen molar-refractivity contribution in [2.75, 3.05) is 0 Å². The third kappa shape index (κ3) is 2.80. The molecule has 0 aliphatic carbocycles. The van der Waals surface area contributed by atoms with E-state index < -0.39 is 11.2 Å². The number of fused-ring (bicyclic) bond motifs is 3. The first-order chi connectivity index (χ1) is 15.3. The Kier molecular flexibility index (Phi) is 4.49. The highest BCUT2D eigenvalue weighted by molar-refractivity contribution is 6.30. The zero-order chi connectivity index (χ0) is 22.7. The Bertz CT molecular complexity index is 1640. The van der Waals surface area contributed by atoms with Crippen LogP contribution in [0.25, 0.3) is 33.9 Å². The van der Waals surface area contributed by atoms with Crippen LogP contribution >= 0.6 is 11.6 Å². The minimum Gasteiger partial charge on any atom is -0.506 e. The van der Waals surface area contributed by atoms with Crippen molar-refractivity contribution in [1.82, 2.24) is 23.1 Å². The SMILES string of the molecule is CCc1ccc(-c2cn3c4c(=O)n(C)c(=O)n(C)c4nc3n2-c2cc(Cl)ccc2O)cc1. The van der Waals surface area contributed by atoms with Gasteiger partial charge in [0, 0.05) is 30.9 Å². The highest BCUT2D eigenvalue weighted by Gasteiger charge is 2.23. The van der Waals surface area contributed by atoms with Crippen LogP contribution in [0.3, 0.4) is 0 Å². The van der Waals surface area contributed by atoms with Crippen LogP contribution in [0.2, 0.25) is 5.02 Å². The monoisotopic (exact) mass is 449 g/mol. The number of rotatable bonds is 3. The molecule has 3 heterocycles. The van der Waals surface area contributed by atoms with Crippen molar-refractivity contribution in [3.8, 4) is 22.7 Å². The van der Waals surface area contributed by atoms with E-state index in [0.717, 1.165) is 16.6 Å². The zero-order valence-electron chi connectivity index (χ0n) is 17.7. The summed E-state index contributed by atoms with van der Waals surface area (Å²) in [4.78, 5) is 30.0. The van der Waals surface area contributed by atoms with Crippen LogP contribution in [-0.4, -0.2) is 28.2 Å². The molecule has 0 amide bonds. The average molecular weight is 450 g/mol. The van der Waals surface area contributed by atoms with Gasteiger partial charge in [-0.15, -0.1) is 0 Å². The van der Waals surface area contributed by atoms with Crippen LogP contribution in [0, 0.1) is 0 Å². The summed E-state index contributed by atoms with van der Waals surface area (Å²) in [7, 11) is 3.01. The Morgan fingerprint density at radius 3 is 2.44 bits per heavy atom. The number of phenolic OH excluding ortho intramolecular Hbond substituents is 1. The van der Waals surface area contributed by atoms with E-state index >= 15 is 0 Å². The van der Waals surface area contributed by atoms with Crippen molar-refractivity contribution >= 4 is 28.5 Å². The third-order valence-corrected chi connectivity index (χ3v) is 6.04. The van der Waals surface area contributed by atoms with Gasteiger partial charge in [-0.1, -0.05) is 42.8 Å². The van der Waals surface area contributed by atoms with Crippen LogP contribution in [0.1, 0.15) is 12.5 Å². The first kappa shape index (κ1) is 20.1. The number of halogens is 1. The lowest BCUT2D eigenvalue weighted by Crippen LogP contribution is -2.37. The van der Waals surface area contributed by atoms with Crippen molar-refractivity contribution in [3.05, 3.63) is 80.1 Å². The quantitative estimate of drug-likeness (QED) is 0.458. The van der Waals surface area contributed by atoms with Crippen LogP contribution in [0.5, 0.6) is 5.75 Å². The predicted molar refractivity (Wildman–Crippen MR) is 124 cm³/mol. The molecule has 0 aliphatic rings. The number of aromatic nitrogens is 5. The largest absolute Gasteiger partial charge is 0.506 e. The molecule has 8 nitrogen and oxygen atoms in total. The molecule has 5 aromatic rings. The normalized spacial score (nSPS) is 11.6. The van der Waals surface area contributed by atoms with E-state index in [0.29, 0.717) is 22.2 Å². The van der Waals surface area contributed by atoms with E-state index in [1.807, 2.05) is 24.3 Å². The fraction of sp³-hybridized carbons (Fsp3) is 0.174. The topological polar surface area (TPSA) is 86.5 Å². The van der Waals surface area contributed by atoms with E-state index in [1.54, 1.807) is 34.3 Å². The lowest BCUT2D eigenvalue weighted by atomic mass is 10.1. The first-order valence-electron chi connectivity index (χ1n) is 10.1.